The maximum Gasteiger partial charge on any atom is 0.133 e. The Kier molecular flexibility index (Phi) is 5.85. The topological polar surface area (TPSA) is 35.2 Å². The average molecular weight is 286 g/mol. The molecule has 16 heavy (non-hydrogen) atoms. The molecule has 2 N–H and O–H groups in total. The van der Waals surface area contributed by atoms with Crippen LogP contribution < -0.4 is 10.5 Å². The smallest absolute Gasteiger partial charge is 0.133 e. The number of hydrogen-bond donors (Lipinski definition) is 1. The van der Waals surface area contributed by atoms with Crippen LogP contribution in [0, 0.1) is 0 Å². The molecule has 0 amide bonds. The zero-order chi connectivity index (χ0) is 12.0. The Hall–Kier alpha value is -0.540. The molecule has 0 heterocycles. The van der Waals surface area contributed by atoms with Crippen LogP contribution in [0.1, 0.15) is 37.7 Å². The molecule has 0 radical (unpaired) electrons. The number of nitrogens with two attached hydrogens (primary N) is 1. The molecule has 1 aromatic rings. The van der Waals surface area contributed by atoms with Crippen molar-refractivity contribution in [3.05, 3.63) is 28.2 Å². The molecule has 0 saturated heterocycles. The van der Waals surface area contributed by atoms with Crippen LogP contribution in [0.5, 0.6) is 5.75 Å². The molecule has 1 unspecified atom stereocenters. The van der Waals surface area contributed by atoms with Crippen LogP contribution in [-0.2, 0) is 0 Å². The van der Waals surface area contributed by atoms with E-state index in [-0.39, 0.29) is 0 Å². The molecule has 1 atom stereocenters. The summed E-state index contributed by atoms with van der Waals surface area (Å²) >= 11 is 3.52. The van der Waals surface area contributed by atoms with Crippen LogP contribution in [0.3, 0.4) is 0 Å². The zero-order valence-corrected chi connectivity index (χ0v) is 11.6. The minimum atomic E-state index is 0.603. The van der Waals surface area contributed by atoms with Crippen LogP contribution >= 0.6 is 15.9 Å². The largest absolute Gasteiger partial charge is 0.496 e. The summed E-state index contributed by atoms with van der Waals surface area (Å²) in [5, 5.41) is 0. The fourth-order valence-electron chi connectivity index (χ4n) is 1.91. The van der Waals surface area contributed by atoms with Gasteiger partial charge in [-0.05, 0) is 65.4 Å². The van der Waals surface area contributed by atoms with Crippen LogP contribution in [-0.4, -0.2) is 13.7 Å². The first-order valence-electron chi connectivity index (χ1n) is 5.76. The Labute approximate surface area is 106 Å². The average Bonchev–Trinajstić information content (AvgIpc) is 2.30. The Morgan fingerprint density at radius 3 is 2.69 bits per heavy atom. The molecule has 0 aliphatic heterocycles. The second-order valence-electron chi connectivity index (χ2n) is 3.93. The molecule has 0 saturated carbocycles. The van der Waals surface area contributed by atoms with E-state index in [9.17, 15) is 0 Å². The number of benzene rings is 1. The molecule has 0 aliphatic carbocycles. The molecule has 2 nitrogen and oxygen atoms in total. The van der Waals surface area contributed by atoms with Gasteiger partial charge in [0.2, 0.25) is 0 Å². The first-order valence-corrected chi connectivity index (χ1v) is 6.55. The van der Waals surface area contributed by atoms with Crippen molar-refractivity contribution in [3.8, 4) is 5.75 Å². The SMILES string of the molecule is CCC(CCCN)c1ccc(OC)c(Br)c1. The molecule has 0 fully saturated rings. The highest BCUT2D eigenvalue weighted by Gasteiger charge is 2.10. The number of rotatable bonds is 6. The monoisotopic (exact) mass is 285 g/mol. The van der Waals surface area contributed by atoms with Crippen LogP contribution in [0.4, 0.5) is 0 Å². The third kappa shape index (κ3) is 3.49. The van der Waals surface area contributed by atoms with Crippen molar-refractivity contribution in [2.75, 3.05) is 13.7 Å². The van der Waals surface area contributed by atoms with E-state index in [4.69, 9.17) is 10.5 Å². The highest BCUT2D eigenvalue weighted by molar-refractivity contribution is 9.10. The normalized spacial score (nSPS) is 12.5. The van der Waals surface area contributed by atoms with Gasteiger partial charge >= 0.3 is 0 Å². The molecular formula is C13H20BrNO. The van der Waals surface area contributed by atoms with Crippen molar-refractivity contribution in [1.82, 2.24) is 0 Å². The van der Waals surface area contributed by atoms with E-state index in [0.717, 1.165) is 36.0 Å². The minimum Gasteiger partial charge on any atom is -0.496 e. The van der Waals surface area contributed by atoms with Crippen LogP contribution in [0.25, 0.3) is 0 Å². The summed E-state index contributed by atoms with van der Waals surface area (Å²) in [6.45, 7) is 2.99. The second kappa shape index (κ2) is 6.92. The Morgan fingerprint density at radius 1 is 1.44 bits per heavy atom. The van der Waals surface area contributed by atoms with Crippen LogP contribution in [0.15, 0.2) is 22.7 Å². The van der Waals surface area contributed by atoms with Crippen molar-refractivity contribution >= 4 is 15.9 Å². The van der Waals surface area contributed by atoms with Gasteiger partial charge < -0.3 is 10.5 Å². The van der Waals surface area contributed by atoms with Crippen molar-refractivity contribution in [2.24, 2.45) is 5.73 Å². The van der Waals surface area contributed by atoms with Gasteiger partial charge in [0.15, 0.2) is 0 Å². The van der Waals surface area contributed by atoms with E-state index in [2.05, 4.69) is 35.0 Å². The number of methoxy groups -OCH3 is 1. The van der Waals surface area contributed by atoms with E-state index < -0.39 is 0 Å². The lowest BCUT2D eigenvalue weighted by atomic mass is 9.92. The Bertz CT molecular complexity index is 328. The Balaban J connectivity index is 2.80. The summed E-state index contributed by atoms with van der Waals surface area (Å²) < 4.78 is 6.25. The molecule has 0 aromatic heterocycles. The molecule has 3 heteroatoms. The van der Waals surface area contributed by atoms with Crippen molar-refractivity contribution in [1.29, 1.82) is 0 Å². The van der Waals surface area contributed by atoms with Gasteiger partial charge in [-0.15, -0.1) is 0 Å². The van der Waals surface area contributed by atoms with E-state index in [1.54, 1.807) is 7.11 Å². The molecule has 90 valence electrons. The third-order valence-corrected chi connectivity index (χ3v) is 3.52. The molecule has 0 spiro atoms. The molecular weight excluding hydrogens is 266 g/mol. The fourth-order valence-corrected chi connectivity index (χ4v) is 2.47. The van der Waals surface area contributed by atoms with E-state index in [1.165, 1.54) is 5.56 Å². The predicted octanol–water partition coefficient (Wildman–Crippen LogP) is 3.69. The van der Waals surface area contributed by atoms with Gasteiger partial charge in [-0.1, -0.05) is 13.0 Å². The highest BCUT2D eigenvalue weighted by Crippen LogP contribution is 2.31. The maximum absolute atomic E-state index is 5.56. The molecule has 1 rings (SSSR count). The van der Waals surface area contributed by atoms with Gasteiger partial charge in [-0.25, -0.2) is 0 Å². The standard InChI is InChI=1S/C13H20BrNO/c1-3-10(5-4-8-15)11-6-7-13(16-2)12(14)9-11/h6-7,9-10H,3-5,8,15H2,1-2H3. The van der Waals surface area contributed by atoms with Crippen LogP contribution in [0.2, 0.25) is 0 Å². The van der Waals surface area contributed by atoms with E-state index >= 15 is 0 Å². The lowest BCUT2D eigenvalue weighted by Crippen LogP contribution is -2.04. The third-order valence-electron chi connectivity index (χ3n) is 2.90. The molecule has 0 bridgehead atoms. The summed E-state index contributed by atoms with van der Waals surface area (Å²) in [6.07, 6.45) is 3.40. The fraction of sp³-hybridized carbons (Fsp3) is 0.538. The highest BCUT2D eigenvalue weighted by atomic mass is 79.9. The number of ether oxygens (including phenoxy) is 1. The summed E-state index contributed by atoms with van der Waals surface area (Å²) in [4.78, 5) is 0. The van der Waals surface area contributed by atoms with Gasteiger partial charge in [0.1, 0.15) is 5.75 Å². The van der Waals surface area contributed by atoms with Gasteiger partial charge in [0.05, 0.1) is 11.6 Å². The predicted molar refractivity (Wildman–Crippen MR) is 72.0 cm³/mol. The van der Waals surface area contributed by atoms with Crippen molar-refractivity contribution in [3.63, 3.8) is 0 Å². The van der Waals surface area contributed by atoms with Gasteiger partial charge in [0.25, 0.3) is 0 Å². The second-order valence-corrected chi connectivity index (χ2v) is 4.78. The number of hydrogen-bond acceptors (Lipinski definition) is 2. The summed E-state index contributed by atoms with van der Waals surface area (Å²) in [6, 6.07) is 6.32. The summed E-state index contributed by atoms with van der Waals surface area (Å²) in [7, 11) is 1.69. The zero-order valence-electron chi connectivity index (χ0n) is 10.0. The van der Waals surface area contributed by atoms with Gasteiger partial charge in [0, 0.05) is 0 Å². The van der Waals surface area contributed by atoms with E-state index in [0.29, 0.717) is 5.92 Å². The first kappa shape index (κ1) is 13.5. The lowest BCUT2D eigenvalue weighted by molar-refractivity contribution is 0.411. The maximum atomic E-state index is 5.56. The van der Waals surface area contributed by atoms with E-state index in [1.807, 2.05) is 6.07 Å². The van der Waals surface area contributed by atoms with Crippen molar-refractivity contribution < 1.29 is 4.74 Å². The quantitative estimate of drug-likeness (QED) is 0.865. The lowest BCUT2D eigenvalue weighted by Gasteiger charge is -2.16. The van der Waals surface area contributed by atoms with Crippen molar-refractivity contribution in [2.45, 2.75) is 32.1 Å². The van der Waals surface area contributed by atoms with Gasteiger partial charge in [-0.2, -0.15) is 0 Å². The summed E-state index contributed by atoms with van der Waals surface area (Å²) in [5.74, 6) is 1.49. The molecule has 0 aliphatic rings. The molecule has 1 aromatic carbocycles. The minimum absolute atomic E-state index is 0.603. The Morgan fingerprint density at radius 2 is 2.19 bits per heavy atom. The van der Waals surface area contributed by atoms with Gasteiger partial charge in [-0.3, -0.25) is 0 Å². The summed E-state index contributed by atoms with van der Waals surface area (Å²) in [5.41, 5.74) is 6.92. The first-order chi connectivity index (χ1) is 7.72. The number of halogens is 1.